The molecule has 3 rings (SSSR count). The fourth-order valence-corrected chi connectivity index (χ4v) is 2.99. The van der Waals surface area contributed by atoms with E-state index in [0.717, 1.165) is 18.8 Å². The smallest absolute Gasteiger partial charge is 0.259 e. The number of hydrogen-bond acceptors (Lipinski definition) is 4. The predicted molar refractivity (Wildman–Crippen MR) is 95.4 cm³/mol. The number of nitrogens with one attached hydrogen (secondary N) is 1. The number of carbonyl (C=O) groups excluding carboxylic acids is 1. The van der Waals surface area contributed by atoms with Crippen molar-refractivity contribution in [3.8, 4) is 11.5 Å². The molecule has 1 fully saturated rings. The van der Waals surface area contributed by atoms with E-state index in [2.05, 4.69) is 10.2 Å². The second-order valence-corrected chi connectivity index (χ2v) is 5.73. The number of amides is 1. The zero-order valence-corrected chi connectivity index (χ0v) is 14.0. The summed E-state index contributed by atoms with van der Waals surface area (Å²) < 4.78 is 10.7. The first-order chi connectivity index (χ1) is 11.7. The van der Waals surface area contributed by atoms with Crippen LogP contribution in [0.3, 0.4) is 0 Å². The monoisotopic (exact) mass is 326 g/mol. The minimum atomic E-state index is -0.218. The van der Waals surface area contributed by atoms with Gasteiger partial charge in [0.25, 0.3) is 5.91 Å². The molecule has 1 saturated heterocycles. The lowest BCUT2D eigenvalue weighted by molar-refractivity contribution is 0.102. The highest BCUT2D eigenvalue weighted by atomic mass is 16.5. The summed E-state index contributed by atoms with van der Waals surface area (Å²) in [5.74, 6) is 0.968. The van der Waals surface area contributed by atoms with Crippen LogP contribution in [0.4, 0.5) is 11.4 Å². The number of rotatable bonds is 5. The normalized spacial score (nSPS) is 13.7. The number of nitrogens with zero attached hydrogens (tertiary/aromatic N) is 1. The molecule has 0 saturated carbocycles. The summed E-state index contributed by atoms with van der Waals surface area (Å²) in [6, 6.07) is 13.1. The van der Waals surface area contributed by atoms with Gasteiger partial charge in [0.1, 0.15) is 11.5 Å². The Bertz CT molecular complexity index is 724. The molecule has 24 heavy (non-hydrogen) atoms. The first-order valence-corrected chi connectivity index (χ1v) is 8.10. The largest absolute Gasteiger partial charge is 0.496 e. The molecule has 1 aliphatic heterocycles. The van der Waals surface area contributed by atoms with Crippen LogP contribution < -0.4 is 19.7 Å². The van der Waals surface area contributed by atoms with E-state index in [1.165, 1.54) is 12.8 Å². The summed E-state index contributed by atoms with van der Waals surface area (Å²) in [6.45, 7) is 2.10. The van der Waals surface area contributed by atoms with Crippen molar-refractivity contribution >= 4 is 17.3 Å². The topological polar surface area (TPSA) is 50.8 Å². The lowest BCUT2D eigenvalue weighted by atomic mass is 10.1. The van der Waals surface area contributed by atoms with Crippen molar-refractivity contribution in [3.63, 3.8) is 0 Å². The zero-order chi connectivity index (χ0) is 16.9. The van der Waals surface area contributed by atoms with E-state index >= 15 is 0 Å². The molecule has 2 aromatic rings. The molecule has 1 heterocycles. The van der Waals surface area contributed by atoms with Crippen molar-refractivity contribution in [2.75, 3.05) is 37.5 Å². The molecule has 1 aliphatic rings. The van der Waals surface area contributed by atoms with E-state index in [1.54, 1.807) is 26.4 Å². The van der Waals surface area contributed by atoms with Gasteiger partial charge in [0.15, 0.2) is 0 Å². The molecule has 0 atom stereocenters. The Morgan fingerprint density at radius 3 is 2.42 bits per heavy atom. The molecule has 5 nitrogen and oxygen atoms in total. The number of hydrogen-bond donors (Lipinski definition) is 1. The Labute approximate surface area is 142 Å². The van der Waals surface area contributed by atoms with Crippen LogP contribution in [0.1, 0.15) is 23.2 Å². The molecule has 0 aliphatic carbocycles. The number of carbonyl (C=O) groups is 1. The van der Waals surface area contributed by atoms with E-state index in [0.29, 0.717) is 22.7 Å². The average molecular weight is 326 g/mol. The van der Waals surface area contributed by atoms with Crippen molar-refractivity contribution in [3.05, 3.63) is 48.0 Å². The third-order valence-corrected chi connectivity index (χ3v) is 4.25. The van der Waals surface area contributed by atoms with Gasteiger partial charge in [0, 0.05) is 18.8 Å². The fourth-order valence-electron chi connectivity index (χ4n) is 2.99. The van der Waals surface area contributed by atoms with Gasteiger partial charge >= 0.3 is 0 Å². The summed E-state index contributed by atoms with van der Waals surface area (Å²) in [7, 11) is 3.16. The summed E-state index contributed by atoms with van der Waals surface area (Å²) in [5, 5.41) is 2.95. The molecule has 5 heteroatoms. The zero-order valence-electron chi connectivity index (χ0n) is 14.0. The number of ether oxygens (including phenoxy) is 2. The summed E-state index contributed by atoms with van der Waals surface area (Å²) in [5.41, 5.74) is 2.26. The molecule has 0 radical (unpaired) electrons. The first-order valence-electron chi connectivity index (χ1n) is 8.10. The molecule has 126 valence electrons. The third kappa shape index (κ3) is 3.30. The van der Waals surface area contributed by atoms with Gasteiger partial charge in [0.05, 0.1) is 25.5 Å². The Balaban J connectivity index is 1.87. The average Bonchev–Trinajstić information content (AvgIpc) is 3.16. The van der Waals surface area contributed by atoms with Crippen LogP contribution in [0.5, 0.6) is 11.5 Å². The molecule has 2 aromatic carbocycles. The second kappa shape index (κ2) is 7.25. The van der Waals surface area contributed by atoms with Crippen molar-refractivity contribution < 1.29 is 14.3 Å². The minimum Gasteiger partial charge on any atom is -0.496 e. The van der Waals surface area contributed by atoms with Crippen LogP contribution in [0.2, 0.25) is 0 Å². The van der Waals surface area contributed by atoms with Gasteiger partial charge in [-0.05, 0) is 43.2 Å². The highest BCUT2D eigenvalue weighted by Gasteiger charge is 2.17. The highest BCUT2D eigenvalue weighted by Crippen LogP contribution is 2.32. The SMILES string of the molecule is COc1ccc(N2CCCC2)cc1NC(=O)c1ccccc1OC. The first kappa shape index (κ1) is 16.2. The molecular weight excluding hydrogens is 304 g/mol. The van der Waals surface area contributed by atoms with Crippen LogP contribution in [-0.4, -0.2) is 33.2 Å². The number of benzene rings is 2. The van der Waals surface area contributed by atoms with Gasteiger partial charge in [-0.3, -0.25) is 4.79 Å². The summed E-state index contributed by atoms with van der Waals surface area (Å²) in [4.78, 5) is 15.0. The number of anilines is 2. The standard InChI is InChI=1S/C19H22N2O3/c1-23-17-8-4-3-7-15(17)19(22)20-16-13-14(9-10-18(16)24-2)21-11-5-6-12-21/h3-4,7-10,13H,5-6,11-12H2,1-2H3,(H,20,22). The van der Waals surface area contributed by atoms with Crippen molar-refractivity contribution in [2.24, 2.45) is 0 Å². The summed E-state index contributed by atoms with van der Waals surface area (Å²) in [6.07, 6.45) is 2.41. The number of methoxy groups -OCH3 is 2. The molecule has 0 unspecified atom stereocenters. The Morgan fingerprint density at radius 1 is 1.00 bits per heavy atom. The van der Waals surface area contributed by atoms with E-state index < -0.39 is 0 Å². The lowest BCUT2D eigenvalue weighted by Gasteiger charge is -2.20. The minimum absolute atomic E-state index is 0.218. The highest BCUT2D eigenvalue weighted by molar-refractivity contribution is 6.07. The van der Waals surface area contributed by atoms with Crippen molar-refractivity contribution in [1.29, 1.82) is 0 Å². The van der Waals surface area contributed by atoms with Gasteiger partial charge in [-0.25, -0.2) is 0 Å². The Hall–Kier alpha value is -2.69. The predicted octanol–water partition coefficient (Wildman–Crippen LogP) is 3.56. The molecule has 0 spiro atoms. The van der Waals surface area contributed by atoms with Gasteiger partial charge in [-0.2, -0.15) is 0 Å². The number of para-hydroxylation sites is 1. The van der Waals surface area contributed by atoms with Gasteiger partial charge in [0.2, 0.25) is 0 Å². The molecule has 0 bridgehead atoms. The molecule has 1 amide bonds. The van der Waals surface area contributed by atoms with Crippen LogP contribution in [-0.2, 0) is 0 Å². The quantitative estimate of drug-likeness (QED) is 0.913. The van der Waals surface area contributed by atoms with Crippen LogP contribution in [0, 0.1) is 0 Å². The van der Waals surface area contributed by atoms with Crippen LogP contribution in [0.15, 0.2) is 42.5 Å². The van der Waals surface area contributed by atoms with Crippen molar-refractivity contribution in [1.82, 2.24) is 0 Å². The van der Waals surface area contributed by atoms with E-state index in [1.807, 2.05) is 30.3 Å². The Kier molecular flexibility index (Phi) is 4.89. The maximum absolute atomic E-state index is 12.6. The Morgan fingerprint density at radius 2 is 1.71 bits per heavy atom. The molecular formula is C19H22N2O3. The van der Waals surface area contributed by atoms with Gasteiger partial charge in [-0.15, -0.1) is 0 Å². The van der Waals surface area contributed by atoms with Crippen molar-refractivity contribution in [2.45, 2.75) is 12.8 Å². The van der Waals surface area contributed by atoms with E-state index in [9.17, 15) is 4.79 Å². The fraction of sp³-hybridized carbons (Fsp3) is 0.316. The van der Waals surface area contributed by atoms with E-state index in [4.69, 9.17) is 9.47 Å². The van der Waals surface area contributed by atoms with Gasteiger partial charge in [-0.1, -0.05) is 12.1 Å². The molecule has 0 aromatic heterocycles. The van der Waals surface area contributed by atoms with E-state index in [-0.39, 0.29) is 5.91 Å². The maximum atomic E-state index is 12.6. The van der Waals surface area contributed by atoms with Gasteiger partial charge < -0.3 is 19.7 Å². The second-order valence-electron chi connectivity index (χ2n) is 5.73. The maximum Gasteiger partial charge on any atom is 0.259 e. The molecule has 1 N–H and O–H groups in total. The lowest BCUT2D eigenvalue weighted by Crippen LogP contribution is -2.18. The third-order valence-electron chi connectivity index (χ3n) is 4.25. The van der Waals surface area contributed by atoms with Crippen LogP contribution >= 0.6 is 0 Å². The summed E-state index contributed by atoms with van der Waals surface area (Å²) >= 11 is 0. The van der Waals surface area contributed by atoms with Crippen LogP contribution in [0.25, 0.3) is 0 Å².